The first-order valence-corrected chi connectivity index (χ1v) is 7.06. The van der Waals surface area contributed by atoms with Crippen LogP contribution in [0.1, 0.15) is 25.8 Å². The summed E-state index contributed by atoms with van der Waals surface area (Å²) in [7, 11) is 0. The van der Waals surface area contributed by atoms with Crippen molar-refractivity contribution in [2.45, 2.75) is 20.3 Å². The predicted molar refractivity (Wildman–Crippen MR) is 76.2 cm³/mol. The lowest BCUT2D eigenvalue weighted by molar-refractivity contribution is 0.287. The molecule has 0 unspecified atom stereocenters. The Labute approximate surface area is 112 Å². The number of hydrogen-bond acceptors (Lipinski definition) is 2. The summed E-state index contributed by atoms with van der Waals surface area (Å²) in [6.45, 7) is 5.25. The molecule has 2 nitrogen and oxygen atoms in total. The van der Waals surface area contributed by atoms with Gasteiger partial charge in [-0.3, -0.25) is 0 Å². The summed E-state index contributed by atoms with van der Waals surface area (Å²) in [4.78, 5) is 0. The maximum Gasteiger partial charge on any atom is 0.161 e. The van der Waals surface area contributed by atoms with E-state index in [9.17, 15) is 0 Å². The third-order valence-corrected chi connectivity index (χ3v) is 2.61. The van der Waals surface area contributed by atoms with Crippen LogP contribution in [-0.2, 0) is 0 Å². The maximum absolute atomic E-state index is 5.57. The van der Waals surface area contributed by atoms with Crippen LogP contribution in [0.25, 0.3) is 6.08 Å². The second-order valence-electron chi connectivity index (χ2n) is 3.45. The van der Waals surface area contributed by atoms with Crippen LogP contribution >= 0.6 is 15.9 Å². The summed E-state index contributed by atoms with van der Waals surface area (Å²) in [6, 6.07) is 6.01. The summed E-state index contributed by atoms with van der Waals surface area (Å²) in [6.07, 6.45) is 5.26. The minimum Gasteiger partial charge on any atom is -0.490 e. The van der Waals surface area contributed by atoms with Crippen LogP contribution in [-0.4, -0.2) is 18.5 Å². The molecule has 0 aliphatic rings. The predicted octanol–water partition coefficient (Wildman–Crippen LogP) is 4.28. The van der Waals surface area contributed by atoms with Crippen LogP contribution in [0.15, 0.2) is 24.3 Å². The SMILES string of the molecule is CCOc1ccc(C=CCCBr)cc1OCC. The van der Waals surface area contributed by atoms with Crippen LogP contribution in [0.5, 0.6) is 11.5 Å². The molecule has 0 bridgehead atoms. The third kappa shape index (κ3) is 4.82. The van der Waals surface area contributed by atoms with Gasteiger partial charge in [-0.2, -0.15) is 0 Å². The van der Waals surface area contributed by atoms with E-state index in [2.05, 4.69) is 28.1 Å². The zero-order valence-electron chi connectivity index (χ0n) is 10.4. The second kappa shape index (κ2) is 8.18. The summed E-state index contributed by atoms with van der Waals surface area (Å²) < 4.78 is 11.1. The minimum absolute atomic E-state index is 0.647. The average molecular weight is 299 g/mol. The van der Waals surface area contributed by atoms with Crippen molar-refractivity contribution in [3.63, 3.8) is 0 Å². The van der Waals surface area contributed by atoms with Gasteiger partial charge in [0.1, 0.15) is 0 Å². The van der Waals surface area contributed by atoms with Gasteiger partial charge in [-0.1, -0.05) is 34.1 Å². The van der Waals surface area contributed by atoms with Crippen molar-refractivity contribution in [3.8, 4) is 11.5 Å². The zero-order chi connectivity index (χ0) is 12.5. The molecule has 0 fully saturated rings. The van der Waals surface area contributed by atoms with Gasteiger partial charge in [-0.25, -0.2) is 0 Å². The first kappa shape index (κ1) is 14.1. The lowest BCUT2D eigenvalue weighted by Gasteiger charge is -2.11. The summed E-state index contributed by atoms with van der Waals surface area (Å²) in [5, 5.41) is 0.985. The number of benzene rings is 1. The number of halogens is 1. The second-order valence-corrected chi connectivity index (χ2v) is 4.25. The van der Waals surface area contributed by atoms with Gasteiger partial charge in [0.05, 0.1) is 13.2 Å². The highest BCUT2D eigenvalue weighted by atomic mass is 79.9. The first-order valence-electron chi connectivity index (χ1n) is 5.94. The van der Waals surface area contributed by atoms with Gasteiger partial charge >= 0.3 is 0 Å². The lowest BCUT2D eigenvalue weighted by atomic mass is 10.2. The number of ether oxygens (including phenoxy) is 2. The van der Waals surface area contributed by atoms with Crippen molar-refractivity contribution in [3.05, 3.63) is 29.8 Å². The molecular weight excluding hydrogens is 280 g/mol. The fourth-order valence-electron chi connectivity index (χ4n) is 1.45. The van der Waals surface area contributed by atoms with E-state index in [1.54, 1.807) is 0 Å². The van der Waals surface area contributed by atoms with E-state index >= 15 is 0 Å². The molecule has 0 aliphatic heterocycles. The first-order chi connectivity index (χ1) is 8.31. The molecule has 17 heavy (non-hydrogen) atoms. The molecular formula is C14H19BrO2. The Bertz CT molecular complexity index is 361. The Kier molecular flexibility index (Phi) is 6.78. The molecule has 0 aromatic heterocycles. The molecule has 94 valence electrons. The zero-order valence-corrected chi connectivity index (χ0v) is 12.0. The van der Waals surface area contributed by atoms with Gasteiger partial charge in [0.25, 0.3) is 0 Å². The molecule has 0 saturated heterocycles. The highest BCUT2D eigenvalue weighted by molar-refractivity contribution is 9.09. The van der Waals surface area contributed by atoms with Crippen LogP contribution in [0, 0.1) is 0 Å². The quantitative estimate of drug-likeness (QED) is 0.700. The molecule has 0 amide bonds. The smallest absolute Gasteiger partial charge is 0.161 e. The van der Waals surface area contributed by atoms with Crippen LogP contribution in [0.2, 0.25) is 0 Å². The van der Waals surface area contributed by atoms with Crippen LogP contribution in [0.4, 0.5) is 0 Å². The van der Waals surface area contributed by atoms with E-state index in [4.69, 9.17) is 9.47 Å². The summed E-state index contributed by atoms with van der Waals surface area (Å²) in [5.74, 6) is 1.63. The van der Waals surface area contributed by atoms with Gasteiger partial charge in [0.2, 0.25) is 0 Å². The van der Waals surface area contributed by atoms with Gasteiger partial charge in [0, 0.05) is 5.33 Å². The Morgan fingerprint density at radius 3 is 2.47 bits per heavy atom. The molecule has 0 atom stereocenters. The van der Waals surface area contributed by atoms with Crippen molar-refractivity contribution in [2.75, 3.05) is 18.5 Å². The van der Waals surface area contributed by atoms with E-state index in [-0.39, 0.29) is 0 Å². The molecule has 0 radical (unpaired) electrons. The molecule has 0 heterocycles. The highest BCUT2D eigenvalue weighted by Gasteiger charge is 2.04. The average Bonchev–Trinajstić information content (AvgIpc) is 2.33. The Hall–Kier alpha value is -0.960. The van der Waals surface area contributed by atoms with Crippen LogP contribution < -0.4 is 9.47 Å². The monoisotopic (exact) mass is 298 g/mol. The fourth-order valence-corrected chi connectivity index (χ4v) is 1.72. The molecule has 1 aromatic rings. The minimum atomic E-state index is 0.647. The maximum atomic E-state index is 5.57. The number of alkyl halides is 1. The topological polar surface area (TPSA) is 18.5 Å². The Morgan fingerprint density at radius 2 is 1.82 bits per heavy atom. The molecule has 1 aromatic carbocycles. The van der Waals surface area contributed by atoms with E-state index in [0.717, 1.165) is 28.8 Å². The normalized spacial score (nSPS) is 10.8. The largest absolute Gasteiger partial charge is 0.490 e. The van der Waals surface area contributed by atoms with Crippen LogP contribution in [0.3, 0.4) is 0 Å². The Morgan fingerprint density at radius 1 is 1.12 bits per heavy atom. The van der Waals surface area contributed by atoms with Crippen molar-refractivity contribution >= 4 is 22.0 Å². The molecule has 0 N–H and O–H groups in total. The molecule has 0 saturated carbocycles. The van der Waals surface area contributed by atoms with Gasteiger partial charge in [-0.15, -0.1) is 0 Å². The number of allylic oxidation sites excluding steroid dienone is 1. The molecule has 0 aliphatic carbocycles. The van der Waals surface area contributed by atoms with Crippen molar-refractivity contribution in [1.82, 2.24) is 0 Å². The standard InChI is InChI=1S/C14H19BrO2/c1-3-16-13-9-8-12(7-5-6-10-15)11-14(13)17-4-2/h5,7-9,11H,3-4,6,10H2,1-2H3. The highest BCUT2D eigenvalue weighted by Crippen LogP contribution is 2.29. The Balaban J connectivity index is 2.84. The van der Waals surface area contributed by atoms with Crippen molar-refractivity contribution in [2.24, 2.45) is 0 Å². The van der Waals surface area contributed by atoms with Gasteiger partial charge in [-0.05, 0) is 38.0 Å². The van der Waals surface area contributed by atoms with E-state index in [1.165, 1.54) is 0 Å². The number of rotatable bonds is 7. The number of hydrogen-bond donors (Lipinski definition) is 0. The third-order valence-electron chi connectivity index (χ3n) is 2.15. The lowest BCUT2D eigenvalue weighted by Crippen LogP contribution is -1.98. The molecule has 0 spiro atoms. The van der Waals surface area contributed by atoms with Gasteiger partial charge < -0.3 is 9.47 Å². The van der Waals surface area contributed by atoms with Gasteiger partial charge in [0.15, 0.2) is 11.5 Å². The summed E-state index contributed by atoms with van der Waals surface area (Å²) >= 11 is 3.40. The molecule has 1 rings (SSSR count). The fraction of sp³-hybridized carbons (Fsp3) is 0.429. The van der Waals surface area contributed by atoms with E-state index < -0.39 is 0 Å². The molecule has 3 heteroatoms. The van der Waals surface area contributed by atoms with E-state index in [0.29, 0.717) is 13.2 Å². The summed E-state index contributed by atoms with van der Waals surface area (Å²) in [5.41, 5.74) is 1.14. The van der Waals surface area contributed by atoms with Crippen molar-refractivity contribution in [1.29, 1.82) is 0 Å². The van der Waals surface area contributed by atoms with Crippen molar-refractivity contribution < 1.29 is 9.47 Å². The van der Waals surface area contributed by atoms with E-state index in [1.807, 2.05) is 32.0 Å².